The zero-order valence-corrected chi connectivity index (χ0v) is 7.69. The van der Waals surface area contributed by atoms with E-state index in [0.717, 1.165) is 0 Å². The lowest BCUT2D eigenvalue weighted by molar-refractivity contribution is 0.404. The fraction of sp³-hybridized carbons (Fsp3) is 0. The fourth-order valence-corrected chi connectivity index (χ4v) is 1.11. The van der Waals surface area contributed by atoms with Crippen LogP contribution in [0.4, 0.5) is 11.4 Å². The van der Waals surface area contributed by atoms with Crippen molar-refractivity contribution < 1.29 is 4.84 Å². The van der Waals surface area contributed by atoms with Gasteiger partial charge in [-0.05, 0) is 12.1 Å². The maximum Gasteiger partial charge on any atom is 0.256 e. The molecule has 2 aromatic rings. The van der Waals surface area contributed by atoms with E-state index in [0.29, 0.717) is 5.75 Å². The molecule has 0 fully saturated rings. The zero-order valence-electron chi connectivity index (χ0n) is 7.69. The van der Waals surface area contributed by atoms with E-state index in [2.05, 4.69) is 5.48 Å². The van der Waals surface area contributed by atoms with Gasteiger partial charge in [-0.2, -0.15) is 0 Å². The molecule has 0 aliphatic heterocycles. The van der Waals surface area contributed by atoms with Crippen LogP contribution in [-0.2, 0) is 0 Å². The van der Waals surface area contributed by atoms with Gasteiger partial charge in [0.2, 0.25) is 0 Å². The highest BCUT2D eigenvalue weighted by atomic mass is 16.6. The average Bonchev–Trinajstić information content (AvgIpc) is 2.30. The van der Waals surface area contributed by atoms with E-state index in [9.17, 15) is 9.59 Å². The van der Waals surface area contributed by atoms with Crippen LogP contribution in [0.5, 0.6) is 5.75 Å². The molecular formula is C10H8N2O3. The number of nitrogen functional groups attached to an aromatic ring is 1. The fourth-order valence-electron chi connectivity index (χ4n) is 1.11. The van der Waals surface area contributed by atoms with Gasteiger partial charge in [-0.3, -0.25) is 9.59 Å². The quantitative estimate of drug-likeness (QED) is 0.554. The number of nitrogens with one attached hydrogen (secondary N) is 1. The Morgan fingerprint density at radius 3 is 2.33 bits per heavy atom. The number of nitrogens with two attached hydrogens (primary N) is 1. The van der Waals surface area contributed by atoms with Crippen LogP contribution in [0, 0.1) is 0 Å². The number of hydrogen-bond donors (Lipinski definition) is 2. The summed E-state index contributed by atoms with van der Waals surface area (Å²) >= 11 is 0. The van der Waals surface area contributed by atoms with Crippen LogP contribution < -0.4 is 26.9 Å². The Bertz CT molecular complexity index is 541. The topological polar surface area (TPSA) is 81.4 Å². The van der Waals surface area contributed by atoms with Crippen LogP contribution in [0.25, 0.3) is 0 Å². The normalized spacial score (nSPS) is 10.1. The van der Waals surface area contributed by atoms with Gasteiger partial charge < -0.3 is 10.6 Å². The first kappa shape index (κ1) is 9.26. The third-order valence-electron chi connectivity index (χ3n) is 1.96. The van der Waals surface area contributed by atoms with Crippen LogP contribution in [-0.4, -0.2) is 0 Å². The highest BCUT2D eigenvalue weighted by molar-refractivity contribution is 5.70. The lowest BCUT2D eigenvalue weighted by Gasteiger charge is -2.10. The second-order valence-electron chi connectivity index (χ2n) is 2.96. The molecular weight excluding hydrogens is 196 g/mol. The second-order valence-corrected chi connectivity index (χ2v) is 2.96. The number of anilines is 2. The summed E-state index contributed by atoms with van der Waals surface area (Å²) in [6.45, 7) is 0. The third-order valence-corrected chi connectivity index (χ3v) is 1.96. The molecule has 0 aliphatic carbocycles. The molecule has 0 saturated carbocycles. The van der Waals surface area contributed by atoms with Crippen molar-refractivity contribution >= 4 is 11.4 Å². The molecule has 0 aliphatic rings. The standard InChI is InChI=1S/C10H8N2O3/c11-7-8(10(14)9(7)13)12-15-6-4-2-1-3-5-6/h1-5,12H,11H2. The van der Waals surface area contributed by atoms with Gasteiger partial charge in [0.25, 0.3) is 10.9 Å². The zero-order chi connectivity index (χ0) is 10.8. The van der Waals surface area contributed by atoms with Crippen molar-refractivity contribution in [2.45, 2.75) is 0 Å². The van der Waals surface area contributed by atoms with Crippen molar-refractivity contribution in [3.63, 3.8) is 0 Å². The molecule has 0 amide bonds. The SMILES string of the molecule is Nc1c(NOc2ccccc2)c(=O)c1=O. The van der Waals surface area contributed by atoms with E-state index < -0.39 is 10.9 Å². The predicted octanol–water partition coefficient (Wildman–Crippen LogP) is 0.271. The van der Waals surface area contributed by atoms with Crippen molar-refractivity contribution in [3.8, 4) is 5.75 Å². The Hall–Kier alpha value is -2.30. The number of benzene rings is 1. The minimum absolute atomic E-state index is 0.0175. The maximum atomic E-state index is 11.0. The summed E-state index contributed by atoms with van der Waals surface area (Å²) in [7, 11) is 0. The average molecular weight is 204 g/mol. The van der Waals surface area contributed by atoms with Gasteiger partial charge in [0.1, 0.15) is 5.69 Å². The summed E-state index contributed by atoms with van der Waals surface area (Å²) in [4.78, 5) is 26.8. The van der Waals surface area contributed by atoms with Gasteiger partial charge in [0.05, 0.1) is 0 Å². The highest BCUT2D eigenvalue weighted by Gasteiger charge is 2.17. The molecule has 0 radical (unpaired) electrons. The molecule has 0 atom stereocenters. The molecule has 76 valence electrons. The predicted molar refractivity (Wildman–Crippen MR) is 56.5 cm³/mol. The summed E-state index contributed by atoms with van der Waals surface area (Å²) in [5, 5.41) is 0. The van der Waals surface area contributed by atoms with Crippen molar-refractivity contribution in [2.75, 3.05) is 11.2 Å². The smallest absolute Gasteiger partial charge is 0.256 e. The lowest BCUT2D eigenvalue weighted by atomic mass is 10.2. The first-order valence-corrected chi connectivity index (χ1v) is 4.27. The highest BCUT2D eigenvalue weighted by Crippen LogP contribution is 2.13. The van der Waals surface area contributed by atoms with E-state index in [-0.39, 0.29) is 11.4 Å². The number of para-hydroxylation sites is 1. The molecule has 5 heteroatoms. The summed E-state index contributed by atoms with van der Waals surface area (Å²) in [5.41, 5.74) is 6.25. The van der Waals surface area contributed by atoms with Crippen LogP contribution in [0.3, 0.4) is 0 Å². The summed E-state index contributed by atoms with van der Waals surface area (Å²) < 4.78 is 0. The molecule has 2 aromatic carbocycles. The molecule has 2 rings (SSSR count). The third kappa shape index (κ3) is 1.54. The van der Waals surface area contributed by atoms with Crippen molar-refractivity contribution in [2.24, 2.45) is 0 Å². The Kier molecular flexibility index (Phi) is 2.13. The molecule has 0 heterocycles. The van der Waals surface area contributed by atoms with E-state index in [4.69, 9.17) is 10.6 Å². The molecule has 0 aromatic heterocycles. The van der Waals surface area contributed by atoms with Gasteiger partial charge in [0.15, 0.2) is 11.4 Å². The van der Waals surface area contributed by atoms with E-state index in [1.54, 1.807) is 24.3 Å². The molecule has 0 unspecified atom stereocenters. The minimum Gasteiger partial charge on any atom is -0.394 e. The Morgan fingerprint density at radius 2 is 1.73 bits per heavy atom. The number of hydrogen-bond acceptors (Lipinski definition) is 5. The first-order valence-electron chi connectivity index (χ1n) is 4.27. The minimum atomic E-state index is -0.672. The van der Waals surface area contributed by atoms with E-state index >= 15 is 0 Å². The van der Waals surface area contributed by atoms with Gasteiger partial charge in [0, 0.05) is 0 Å². The van der Waals surface area contributed by atoms with E-state index in [1.807, 2.05) is 6.07 Å². The van der Waals surface area contributed by atoms with Crippen molar-refractivity contribution in [1.29, 1.82) is 0 Å². The second kappa shape index (κ2) is 3.45. The van der Waals surface area contributed by atoms with Gasteiger partial charge in [-0.25, -0.2) is 5.48 Å². The van der Waals surface area contributed by atoms with Crippen LogP contribution in [0.2, 0.25) is 0 Å². The van der Waals surface area contributed by atoms with Gasteiger partial charge in [-0.15, -0.1) is 0 Å². The maximum absolute atomic E-state index is 11.0. The van der Waals surface area contributed by atoms with Crippen LogP contribution in [0.1, 0.15) is 0 Å². The molecule has 0 saturated heterocycles. The van der Waals surface area contributed by atoms with Gasteiger partial charge in [-0.1, -0.05) is 18.2 Å². The molecule has 15 heavy (non-hydrogen) atoms. The molecule has 0 spiro atoms. The monoisotopic (exact) mass is 204 g/mol. The lowest BCUT2D eigenvalue weighted by Crippen LogP contribution is -2.37. The van der Waals surface area contributed by atoms with Crippen molar-refractivity contribution in [1.82, 2.24) is 0 Å². The Balaban J connectivity index is 2.07. The Labute approximate surface area is 84.7 Å². The Morgan fingerprint density at radius 1 is 1.07 bits per heavy atom. The molecule has 5 nitrogen and oxygen atoms in total. The summed E-state index contributed by atoms with van der Waals surface area (Å²) in [5.74, 6) is 0.532. The summed E-state index contributed by atoms with van der Waals surface area (Å²) in [6.07, 6.45) is 0. The molecule has 0 bridgehead atoms. The largest absolute Gasteiger partial charge is 0.394 e. The van der Waals surface area contributed by atoms with Crippen molar-refractivity contribution in [3.05, 3.63) is 50.8 Å². The van der Waals surface area contributed by atoms with Gasteiger partial charge >= 0.3 is 0 Å². The van der Waals surface area contributed by atoms with Crippen LogP contribution >= 0.6 is 0 Å². The molecule has 3 N–H and O–H groups in total. The first-order chi connectivity index (χ1) is 7.20. The van der Waals surface area contributed by atoms with Crippen LogP contribution in [0.15, 0.2) is 39.9 Å². The number of rotatable bonds is 3. The van der Waals surface area contributed by atoms with E-state index in [1.165, 1.54) is 0 Å². The summed E-state index contributed by atoms with van der Waals surface area (Å²) in [6, 6.07) is 8.80.